The maximum Gasteiger partial charge on any atom is 0.0349 e. The molecule has 3 saturated heterocycles. The zero-order chi connectivity index (χ0) is 11.2. The zero-order valence-electron chi connectivity index (χ0n) is 10.8. The number of hydrogen-bond acceptors (Lipinski definition) is 3. The Balaban J connectivity index is 1.31. The fourth-order valence-corrected chi connectivity index (χ4v) is 3.82. The van der Waals surface area contributed by atoms with Gasteiger partial charge in [0.05, 0.1) is 0 Å². The lowest BCUT2D eigenvalue weighted by Crippen LogP contribution is -2.63. The highest BCUT2D eigenvalue weighted by molar-refractivity contribution is 4.98. The van der Waals surface area contributed by atoms with Crippen LogP contribution in [0.25, 0.3) is 0 Å². The molecule has 0 aromatic rings. The summed E-state index contributed by atoms with van der Waals surface area (Å²) in [6.45, 7) is 7.80. The number of hydrogen-bond donors (Lipinski definition) is 1. The fraction of sp³-hybridized carbons (Fsp3) is 1.00. The molecule has 96 valence electrons. The highest BCUT2D eigenvalue weighted by Gasteiger charge is 2.42. The number of rotatable bonds is 5. The van der Waals surface area contributed by atoms with Crippen LogP contribution in [0.2, 0.25) is 0 Å². The minimum Gasteiger partial charge on any atom is -0.312 e. The highest BCUT2D eigenvalue weighted by atomic mass is 15.3. The van der Waals surface area contributed by atoms with Crippen molar-refractivity contribution in [3.8, 4) is 0 Å². The second-order valence-electron chi connectivity index (χ2n) is 6.60. The Morgan fingerprint density at radius 3 is 2.06 bits per heavy atom. The third kappa shape index (κ3) is 2.25. The lowest BCUT2D eigenvalue weighted by atomic mass is 10.0. The molecular weight excluding hydrogens is 210 g/mol. The molecule has 3 nitrogen and oxygen atoms in total. The van der Waals surface area contributed by atoms with E-state index in [0.717, 1.165) is 23.9 Å². The van der Waals surface area contributed by atoms with Gasteiger partial charge in [-0.3, -0.25) is 9.80 Å². The Morgan fingerprint density at radius 2 is 1.59 bits per heavy atom. The Kier molecular flexibility index (Phi) is 2.67. The van der Waals surface area contributed by atoms with Gasteiger partial charge in [-0.15, -0.1) is 0 Å². The average molecular weight is 235 g/mol. The van der Waals surface area contributed by atoms with E-state index in [9.17, 15) is 0 Å². The van der Waals surface area contributed by atoms with E-state index < -0.39 is 0 Å². The van der Waals surface area contributed by atoms with Gasteiger partial charge >= 0.3 is 0 Å². The van der Waals surface area contributed by atoms with Gasteiger partial charge < -0.3 is 5.32 Å². The van der Waals surface area contributed by atoms with Gasteiger partial charge in [-0.05, 0) is 37.5 Å². The van der Waals surface area contributed by atoms with Crippen LogP contribution >= 0.6 is 0 Å². The Morgan fingerprint density at radius 1 is 0.941 bits per heavy atom. The normalized spacial score (nSPS) is 41.1. The van der Waals surface area contributed by atoms with Crippen molar-refractivity contribution in [2.75, 3.05) is 39.3 Å². The topological polar surface area (TPSA) is 18.5 Å². The van der Waals surface area contributed by atoms with Gasteiger partial charge in [0.15, 0.2) is 0 Å². The maximum atomic E-state index is 3.93. The van der Waals surface area contributed by atoms with Gasteiger partial charge in [-0.1, -0.05) is 0 Å². The van der Waals surface area contributed by atoms with E-state index in [1.54, 1.807) is 0 Å². The zero-order valence-corrected chi connectivity index (χ0v) is 10.8. The van der Waals surface area contributed by atoms with Crippen LogP contribution in [0.5, 0.6) is 0 Å². The van der Waals surface area contributed by atoms with Crippen molar-refractivity contribution in [3.63, 3.8) is 0 Å². The summed E-state index contributed by atoms with van der Waals surface area (Å²) in [5.74, 6) is 2.08. The predicted molar refractivity (Wildman–Crippen MR) is 69.0 cm³/mol. The first-order valence-electron chi connectivity index (χ1n) is 7.60. The molecule has 17 heavy (non-hydrogen) atoms. The van der Waals surface area contributed by atoms with Gasteiger partial charge in [-0.2, -0.15) is 0 Å². The van der Waals surface area contributed by atoms with Crippen molar-refractivity contribution in [1.29, 1.82) is 0 Å². The van der Waals surface area contributed by atoms with Gasteiger partial charge in [0.1, 0.15) is 0 Å². The third-order valence-electron chi connectivity index (χ3n) is 5.24. The molecule has 0 radical (unpaired) electrons. The largest absolute Gasteiger partial charge is 0.312 e. The first kappa shape index (κ1) is 10.8. The molecular formula is C14H25N3. The van der Waals surface area contributed by atoms with Crippen molar-refractivity contribution < 1.29 is 0 Å². The van der Waals surface area contributed by atoms with Crippen LogP contribution in [0.15, 0.2) is 0 Å². The summed E-state index contributed by atoms with van der Waals surface area (Å²) < 4.78 is 0. The monoisotopic (exact) mass is 235 g/mol. The summed E-state index contributed by atoms with van der Waals surface area (Å²) in [4.78, 5) is 5.36. The predicted octanol–water partition coefficient (Wildman–Crippen LogP) is 0.764. The van der Waals surface area contributed by atoms with E-state index in [1.807, 2.05) is 0 Å². The van der Waals surface area contributed by atoms with Crippen LogP contribution in [-0.4, -0.2) is 61.2 Å². The van der Waals surface area contributed by atoms with E-state index in [4.69, 9.17) is 0 Å². The van der Waals surface area contributed by atoms with Gasteiger partial charge in [0.2, 0.25) is 0 Å². The van der Waals surface area contributed by atoms with Gasteiger partial charge in [0, 0.05) is 51.4 Å². The van der Waals surface area contributed by atoms with Gasteiger partial charge in [-0.25, -0.2) is 0 Å². The van der Waals surface area contributed by atoms with Crippen LogP contribution in [0, 0.1) is 11.8 Å². The molecule has 2 bridgehead atoms. The van der Waals surface area contributed by atoms with Crippen molar-refractivity contribution in [2.24, 2.45) is 11.8 Å². The van der Waals surface area contributed by atoms with Crippen LogP contribution in [-0.2, 0) is 0 Å². The molecule has 0 aromatic heterocycles. The number of nitrogens with zero attached hydrogens (tertiary/aromatic N) is 2. The quantitative estimate of drug-likeness (QED) is 0.759. The Labute approximate surface area is 105 Å². The molecule has 0 aromatic carbocycles. The lowest BCUT2D eigenvalue weighted by Gasteiger charge is -2.48. The SMILES string of the molecule is C1CC1C(NC[C@H]1CN2CCN1CC2)C1CC1. The minimum atomic E-state index is 0.803. The van der Waals surface area contributed by atoms with E-state index in [2.05, 4.69) is 15.1 Å². The molecule has 0 unspecified atom stereocenters. The van der Waals surface area contributed by atoms with Crippen LogP contribution < -0.4 is 5.32 Å². The first-order chi connectivity index (χ1) is 8.40. The molecule has 0 spiro atoms. The molecule has 5 aliphatic rings. The Bertz CT molecular complexity index is 265. The average Bonchev–Trinajstić information content (AvgIpc) is 3.25. The maximum absolute atomic E-state index is 3.93. The molecule has 2 aliphatic carbocycles. The van der Waals surface area contributed by atoms with Crippen LogP contribution in [0.1, 0.15) is 25.7 Å². The van der Waals surface area contributed by atoms with Crippen molar-refractivity contribution >= 4 is 0 Å². The van der Waals surface area contributed by atoms with Crippen molar-refractivity contribution in [1.82, 2.24) is 15.1 Å². The standard InChI is InChI=1S/C14H25N3/c1-2-11(1)14(12-3-4-12)15-9-13-10-16-5-7-17(13)8-6-16/h11-15H,1-10H2/t13-/m0/s1. The number of piperazine rings is 3. The smallest absolute Gasteiger partial charge is 0.0349 e. The number of fused-ring (bicyclic) bond motifs is 3. The lowest BCUT2D eigenvalue weighted by molar-refractivity contribution is 0.0121. The fourth-order valence-electron chi connectivity index (χ4n) is 3.82. The third-order valence-corrected chi connectivity index (χ3v) is 5.24. The molecule has 3 aliphatic heterocycles. The summed E-state index contributed by atoms with van der Waals surface area (Å²) in [6, 6.07) is 1.68. The molecule has 2 saturated carbocycles. The first-order valence-corrected chi connectivity index (χ1v) is 7.60. The molecule has 1 atom stereocenters. The molecule has 3 heterocycles. The summed E-state index contributed by atoms with van der Waals surface area (Å²) in [7, 11) is 0. The summed E-state index contributed by atoms with van der Waals surface area (Å²) in [6.07, 6.45) is 5.98. The van der Waals surface area contributed by atoms with E-state index in [1.165, 1.54) is 65.0 Å². The van der Waals surface area contributed by atoms with E-state index in [0.29, 0.717) is 0 Å². The second-order valence-corrected chi connectivity index (χ2v) is 6.60. The minimum absolute atomic E-state index is 0.803. The molecule has 0 amide bonds. The van der Waals surface area contributed by atoms with E-state index in [-0.39, 0.29) is 0 Å². The summed E-state index contributed by atoms with van der Waals surface area (Å²) >= 11 is 0. The highest BCUT2D eigenvalue weighted by Crippen LogP contribution is 2.44. The van der Waals surface area contributed by atoms with E-state index >= 15 is 0 Å². The molecule has 1 N–H and O–H groups in total. The van der Waals surface area contributed by atoms with Crippen LogP contribution in [0.3, 0.4) is 0 Å². The summed E-state index contributed by atoms with van der Waals surface area (Å²) in [5, 5.41) is 3.93. The second kappa shape index (κ2) is 4.22. The number of nitrogens with one attached hydrogen (secondary N) is 1. The Hall–Kier alpha value is -0.120. The molecule has 5 rings (SSSR count). The van der Waals surface area contributed by atoms with Crippen molar-refractivity contribution in [3.05, 3.63) is 0 Å². The molecule has 3 heteroatoms. The van der Waals surface area contributed by atoms with Crippen molar-refractivity contribution in [2.45, 2.75) is 37.8 Å². The summed E-state index contributed by atoms with van der Waals surface area (Å²) in [5.41, 5.74) is 0. The van der Waals surface area contributed by atoms with Gasteiger partial charge in [0.25, 0.3) is 0 Å². The molecule has 5 fully saturated rings. The van der Waals surface area contributed by atoms with Crippen LogP contribution in [0.4, 0.5) is 0 Å².